The lowest BCUT2D eigenvalue weighted by Crippen LogP contribution is -2.26. The molecule has 0 unspecified atom stereocenters. The molecule has 0 aromatic heterocycles. The summed E-state index contributed by atoms with van der Waals surface area (Å²) in [6.07, 6.45) is 0. The van der Waals surface area contributed by atoms with Crippen LogP contribution in [0.15, 0.2) is 22.7 Å². The van der Waals surface area contributed by atoms with E-state index in [4.69, 9.17) is 23.1 Å². The molecule has 0 heterocycles. The fourth-order valence-corrected chi connectivity index (χ4v) is 2.24. The molecule has 0 saturated carbocycles. The summed E-state index contributed by atoms with van der Waals surface area (Å²) in [5, 5.41) is 8.97. The number of rotatable bonds is 5. The third-order valence-corrected chi connectivity index (χ3v) is 3.20. The van der Waals surface area contributed by atoms with Gasteiger partial charge in [-0.05, 0) is 41.1 Å². The van der Waals surface area contributed by atoms with E-state index in [9.17, 15) is 0 Å². The molecule has 88 valence electrons. The highest BCUT2D eigenvalue weighted by molar-refractivity contribution is 9.10. The summed E-state index contributed by atoms with van der Waals surface area (Å²) in [5.74, 6) is 0. The van der Waals surface area contributed by atoms with Crippen LogP contribution < -0.4 is 10.6 Å². The van der Waals surface area contributed by atoms with E-state index in [1.807, 2.05) is 25.1 Å². The van der Waals surface area contributed by atoms with Crippen molar-refractivity contribution in [1.29, 1.82) is 0 Å². The van der Waals surface area contributed by atoms with Gasteiger partial charge >= 0.3 is 0 Å². The highest BCUT2D eigenvalue weighted by Gasteiger charge is 2.09. The van der Waals surface area contributed by atoms with E-state index in [0.717, 1.165) is 22.3 Å². The Morgan fingerprint density at radius 2 is 2.25 bits per heavy atom. The minimum absolute atomic E-state index is 0.136. The minimum atomic E-state index is 0.136. The van der Waals surface area contributed by atoms with Gasteiger partial charge in [0.2, 0.25) is 0 Å². The van der Waals surface area contributed by atoms with E-state index in [-0.39, 0.29) is 6.61 Å². The number of thiocarbonyl (C=S) groups is 1. The number of nitrogens with zero attached hydrogens (tertiary/aromatic N) is 1. The lowest BCUT2D eigenvalue weighted by atomic mass is 10.2. The van der Waals surface area contributed by atoms with Crippen LogP contribution in [0.4, 0.5) is 5.69 Å². The molecule has 0 fully saturated rings. The van der Waals surface area contributed by atoms with Gasteiger partial charge < -0.3 is 15.7 Å². The molecule has 0 aliphatic rings. The maximum Gasteiger partial charge on any atom is 0.104 e. The first kappa shape index (κ1) is 13.4. The molecule has 3 nitrogen and oxygen atoms in total. The Kier molecular flexibility index (Phi) is 5.18. The number of aliphatic hydroxyl groups is 1. The number of anilines is 1. The molecule has 0 saturated heterocycles. The van der Waals surface area contributed by atoms with Crippen molar-refractivity contribution in [3.63, 3.8) is 0 Å². The largest absolute Gasteiger partial charge is 0.395 e. The fraction of sp³-hybridized carbons (Fsp3) is 0.364. The van der Waals surface area contributed by atoms with Crippen molar-refractivity contribution in [2.45, 2.75) is 6.92 Å². The van der Waals surface area contributed by atoms with Crippen LogP contribution in [-0.4, -0.2) is 29.8 Å². The number of hydrogen-bond acceptors (Lipinski definition) is 3. The molecule has 0 atom stereocenters. The first-order valence-corrected chi connectivity index (χ1v) is 6.25. The van der Waals surface area contributed by atoms with Crippen molar-refractivity contribution >= 4 is 38.8 Å². The van der Waals surface area contributed by atoms with E-state index in [1.54, 1.807) is 0 Å². The lowest BCUT2D eigenvalue weighted by Gasteiger charge is -2.23. The Morgan fingerprint density at radius 1 is 1.56 bits per heavy atom. The highest BCUT2D eigenvalue weighted by atomic mass is 79.9. The molecule has 3 N–H and O–H groups in total. The first-order chi connectivity index (χ1) is 7.60. The highest BCUT2D eigenvalue weighted by Crippen LogP contribution is 2.27. The number of nitrogens with two attached hydrogens (primary N) is 1. The van der Waals surface area contributed by atoms with Crippen LogP contribution in [0.1, 0.15) is 12.5 Å². The SMILES string of the molecule is CCN(CCO)c1ccc(C(N)=S)cc1Br. The molecule has 1 rings (SSSR count). The van der Waals surface area contributed by atoms with Crippen LogP contribution in [0, 0.1) is 0 Å². The van der Waals surface area contributed by atoms with Gasteiger partial charge in [0.1, 0.15) is 4.99 Å². The Labute approximate surface area is 109 Å². The quantitative estimate of drug-likeness (QED) is 0.816. The van der Waals surface area contributed by atoms with Gasteiger partial charge in [-0.1, -0.05) is 12.2 Å². The molecule has 0 radical (unpaired) electrons. The molecular weight excluding hydrogens is 288 g/mol. The first-order valence-electron chi connectivity index (χ1n) is 5.05. The van der Waals surface area contributed by atoms with Crippen molar-refractivity contribution in [2.75, 3.05) is 24.6 Å². The fourth-order valence-electron chi connectivity index (χ4n) is 1.49. The zero-order valence-corrected chi connectivity index (χ0v) is 11.5. The van der Waals surface area contributed by atoms with Crippen molar-refractivity contribution < 1.29 is 5.11 Å². The summed E-state index contributed by atoms with van der Waals surface area (Å²) in [6.45, 7) is 3.63. The van der Waals surface area contributed by atoms with Gasteiger partial charge in [-0.3, -0.25) is 0 Å². The maximum absolute atomic E-state index is 8.97. The van der Waals surface area contributed by atoms with E-state index < -0.39 is 0 Å². The number of likely N-dealkylation sites (N-methyl/N-ethyl adjacent to an activating group) is 1. The molecule has 0 aliphatic heterocycles. The number of aliphatic hydroxyl groups excluding tert-OH is 1. The van der Waals surface area contributed by atoms with Crippen molar-refractivity contribution in [1.82, 2.24) is 0 Å². The van der Waals surface area contributed by atoms with Crippen LogP contribution in [0.2, 0.25) is 0 Å². The van der Waals surface area contributed by atoms with Crippen molar-refractivity contribution in [3.8, 4) is 0 Å². The van der Waals surface area contributed by atoms with Crippen LogP contribution >= 0.6 is 28.1 Å². The molecule has 0 aliphatic carbocycles. The molecule has 0 spiro atoms. The second-order valence-electron chi connectivity index (χ2n) is 3.33. The normalized spacial score (nSPS) is 10.2. The second-order valence-corrected chi connectivity index (χ2v) is 4.63. The molecule has 5 heteroatoms. The Balaban J connectivity index is 3.01. The summed E-state index contributed by atoms with van der Waals surface area (Å²) in [6, 6.07) is 5.75. The Hall–Kier alpha value is -0.650. The van der Waals surface area contributed by atoms with E-state index >= 15 is 0 Å². The molecule has 1 aromatic rings. The summed E-state index contributed by atoms with van der Waals surface area (Å²) in [5.41, 5.74) is 7.43. The molecule has 0 bridgehead atoms. The van der Waals surface area contributed by atoms with Crippen molar-refractivity contribution in [2.24, 2.45) is 5.73 Å². The van der Waals surface area contributed by atoms with Crippen LogP contribution in [0.3, 0.4) is 0 Å². The summed E-state index contributed by atoms with van der Waals surface area (Å²) in [7, 11) is 0. The third-order valence-electron chi connectivity index (χ3n) is 2.32. The van der Waals surface area contributed by atoms with Crippen LogP contribution in [0.25, 0.3) is 0 Å². The summed E-state index contributed by atoms with van der Waals surface area (Å²) >= 11 is 8.40. The van der Waals surface area contributed by atoms with Gasteiger partial charge in [0.05, 0.1) is 12.3 Å². The predicted octanol–water partition coefficient (Wildman–Crippen LogP) is 1.90. The van der Waals surface area contributed by atoms with Crippen LogP contribution in [0.5, 0.6) is 0 Å². The van der Waals surface area contributed by atoms with Gasteiger partial charge in [0.15, 0.2) is 0 Å². The van der Waals surface area contributed by atoms with E-state index in [2.05, 4.69) is 20.8 Å². The third kappa shape index (κ3) is 3.17. The Bertz CT molecular complexity index is 384. The minimum Gasteiger partial charge on any atom is -0.395 e. The Morgan fingerprint density at radius 3 is 2.69 bits per heavy atom. The summed E-state index contributed by atoms with van der Waals surface area (Å²) in [4.78, 5) is 2.46. The maximum atomic E-state index is 8.97. The lowest BCUT2D eigenvalue weighted by molar-refractivity contribution is 0.302. The standard InChI is InChI=1S/C11H15BrN2OS/c1-2-14(5-6-15)10-4-3-8(11(13)16)7-9(10)12/h3-4,7,15H,2,5-6H2,1H3,(H2,13,16). The van der Waals surface area contributed by atoms with Gasteiger partial charge in [0.25, 0.3) is 0 Å². The molecule has 1 aromatic carbocycles. The summed E-state index contributed by atoms with van der Waals surface area (Å²) < 4.78 is 0.938. The van der Waals surface area contributed by atoms with Gasteiger partial charge in [-0.15, -0.1) is 0 Å². The zero-order valence-electron chi connectivity index (χ0n) is 9.11. The number of benzene rings is 1. The average Bonchev–Trinajstić information content (AvgIpc) is 2.26. The molecule has 0 amide bonds. The molecule has 16 heavy (non-hydrogen) atoms. The topological polar surface area (TPSA) is 49.5 Å². The zero-order chi connectivity index (χ0) is 12.1. The number of halogens is 1. The van der Waals surface area contributed by atoms with E-state index in [0.29, 0.717) is 11.5 Å². The monoisotopic (exact) mass is 302 g/mol. The van der Waals surface area contributed by atoms with Gasteiger partial charge in [0, 0.05) is 23.1 Å². The van der Waals surface area contributed by atoms with Crippen LogP contribution in [-0.2, 0) is 0 Å². The smallest absolute Gasteiger partial charge is 0.104 e. The predicted molar refractivity (Wildman–Crippen MR) is 75.0 cm³/mol. The van der Waals surface area contributed by atoms with Gasteiger partial charge in [-0.25, -0.2) is 0 Å². The van der Waals surface area contributed by atoms with E-state index in [1.165, 1.54) is 0 Å². The van der Waals surface area contributed by atoms with Crippen molar-refractivity contribution in [3.05, 3.63) is 28.2 Å². The number of hydrogen-bond donors (Lipinski definition) is 2. The van der Waals surface area contributed by atoms with Gasteiger partial charge in [-0.2, -0.15) is 0 Å². The molecular formula is C11H15BrN2OS. The average molecular weight is 303 g/mol. The second kappa shape index (κ2) is 6.18.